The molecule has 0 amide bonds. The quantitative estimate of drug-likeness (QED) is 0.639. The highest BCUT2D eigenvalue weighted by Gasteiger charge is 2.35. The summed E-state index contributed by atoms with van der Waals surface area (Å²) in [7, 11) is 1.76. The Morgan fingerprint density at radius 2 is 1.79 bits per heavy atom. The molecule has 1 unspecified atom stereocenters. The van der Waals surface area contributed by atoms with Gasteiger partial charge in [-0.05, 0) is 61.9 Å². The number of rotatable bonds is 5. The molecule has 1 saturated heterocycles. The third-order valence-corrected chi connectivity index (χ3v) is 6.18. The van der Waals surface area contributed by atoms with Crippen molar-refractivity contribution < 1.29 is 4.74 Å². The van der Waals surface area contributed by atoms with Crippen LogP contribution in [0.5, 0.6) is 5.75 Å². The number of aryl methyl sites for hydroxylation is 1. The molecule has 0 N–H and O–H groups in total. The van der Waals surface area contributed by atoms with Gasteiger partial charge in [0.25, 0.3) is 0 Å². The summed E-state index contributed by atoms with van der Waals surface area (Å²) in [6.45, 7) is 17.9. The van der Waals surface area contributed by atoms with Crippen LogP contribution in [0.4, 0.5) is 0 Å². The Bertz CT molecular complexity index is 822. The van der Waals surface area contributed by atoms with Crippen LogP contribution in [0.25, 0.3) is 0 Å². The van der Waals surface area contributed by atoms with Crippen LogP contribution in [0, 0.1) is 6.92 Å². The van der Waals surface area contributed by atoms with Crippen molar-refractivity contribution in [3.63, 3.8) is 0 Å². The van der Waals surface area contributed by atoms with Crippen molar-refractivity contribution in [1.29, 1.82) is 0 Å². The summed E-state index contributed by atoms with van der Waals surface area (Å²) in [5.41, 5.74) is 5.63. The molecular formula is C26H38N2O. The summed E-state index contributed by atoms with van der Waals surface area (Å²) in [5.74, 6) is 1.52. The lowest BCUT2D eigenvalue weighted by Gasteiger charge is -2.49. The van der Waals surface area contributed by atoms with Gasteiger partial charge in [-0.15, -0.1) is 0 Å². The summed E-state index contributed by atoms with van der Waals surface area (Å²) in [4.78, 5) is 5.30. The van der Waals surface area contributed by atoms with Crippen LogP contribution < -0.4 is 4.74 Å². The highest BCUT2D eigenvalue weighted by Crippen LogP contribution is 2.36. The van der Waals surface area contributed by atoms with Gasteiger partial charge in [-0.1, -0.05) is 50.2 Å². The second-order valence-electron chi connectivity index (χ2n) is 9.70. The minimum atomic E-state index is 0.147. The highest BCUT2D eigenvalue weighted by molar-refractivity contribution is 5.37. The molecule has 1 atom stereocenters. The van der Waals surface area contributed by atoms with Gasteiger partial charge in [-0.3, -0.25) is 9.80 Å². The Morgan fingerprint density at radius 1 is 1.07 bits per heavy atom. The van der Waals surface area contributed by atoms with Crippen LogP contribution >= 0.6 is 0 Å². The van der Waals surface area contributed by atoms with E-state index in [-0.39, 0.29) is 5.54 Å². The molecule has 0 bridgehead atoms. The van der Waals surface area contributed by atoms with E-state index < -0.39 is 0 Å². The molecule has 1 aliphatic heterocycles. The molecule has 2 aromatic carbocycles. The number of nitrogens with zero attached hydrogens (tertiary/aromatic N) is 2. The van der Waals surface area contributed by atoms with Crippen LogP contribution in [-0.4, -0.2) is 42.1 Å². The summed E-state index contributed by atoms with van der Waals surface area (Å²) < 4.78 is 5.54. The van der Waals surface area contributed by atoms with E-state index in [0.29, 0.717) is 12.0 Å². The average Bonchev–Trinajstić information content (AvgIpc) is 2.68. The van der Waals surface area contributed by atoms with Gasteiger partial charge in [-0.25, -0.2) is 0 Å². The molecule has 0 radical (unpaired) electrons. The monoisotopic (exact) mass is 394 g/mol. The van der Waals surface area contributed by atoms with Crippen molar-refractivity contribution in [2.24, 2.45) is 0 Å². The molecule has 0 aliphatic carbocycles. The fraction of sp³-hybridized carbons (Fsp3) is 0.538. The second-order valence-corrected chi connectivity index (χ2v) is 9.70. The van der Waals surface area contributed by atoms with E-state index in [9.17, 15) is 0 Å². The maximum atomic E-state index is 5.54. The van der Waals surface area contributed by atoms with Gasteiger partial charge in [0.05, 0.1) is 7.11 Å². The van der Waals surface area contributed by atoms with Crippen LogP contribution in [0.2, 0.25) is 0 Å². The number of piperazine rings is 1. The van der Waals surface area contributed by atoms with Crippen LogP contribution in [0.3, 0.4) is 0 Å². The van der Waals surface area contributed by atoms with Gasteiger partial charge in [0, 0.05) is 37.8 Å². The van der Waals surface area contributed by atoms with E-state index in [2.05, 4.69) is 93.8 Å². The number of ether oxygens (including phenoxy) is 1. The minimum absolute atomic E-state index is 0.147. The zero-order chi connectivity index (χ0) is 21.2. The molecule has 0 saturated carbocycles. The van der Waals surface area contributed by atoms with Gasteiger partial charge >= 0.3 is 0 Å². The number of hydrogen-bond donors (Lipinski definition) is 0. The fourth-order valence-electron chi connectivity index (χ4n) is 4.61. The molecule has 2 aromatic rings. The van der Waals surface area contributed by atoms with Gasteiger partial charge in [0.2, 0.25) is 0 Å². The fourth-order valence-corrected chi connectivity index (χ4v) is 4.61. The molecule has 3 heteroatoms. The zero-order valence-electron chi connectivity index (χ0n) is 19.3. The molecular weight excluding hydrogens is 356 g/mol. The molecule has 3 rings (SSSR count). The van der Waals surface area contributed by atoms with Gasteiger partial charge in [-0.2, -0.15) is 0 Å². The van der Waals surface area contributed by atoms with Crippen molar-refractivity contribution in [1.82, 2.24) is 9.80 Å². The first-order valence-electron chi connectivity index (χ1n) is 10.9. The molecule has 0 spiro atoms. The number of methoxy groups -OCH3 is 1. The summed E-state index contributed by atoms with van der Waals surface area (Å²) >= 11 is 0. The van der Waals surface area contributed by atoms with E-state index in [1.807, 2.05) is 0 Å². The number of benzene rings is 2. The molecule has 1 heterocycles. The van der Waals surface area contributed by atoms with E-state index >= 15 is 0 Å². The Labute approximate surface area is 177 Å². The van der Waals surface area contributed by atoms with E-state index in [4.69, 9.17) is 4.74 Å². The first-order valence-corrected chi connectivity index (χ1v) is 10.9. The summed E-state index contributed by atoms with van der Waals surface area (Å²) in [5, 5.41) is 0. The molecule has 158 valence electrons. The van der Waals surface area contributed by atoms with Gasteiger partial charge in [0.15, 0.2) is 0 Å². The Morgan fingerprint density at radius 3 is 2.45 bits per heavy atom. The largest absolute Gasteiger partial charge is 0.496 e. The predicted molar refractivity (Wildman–Crippen MR) is 123 cm³/mol. The maximum Gasteiger partial charge on any atom is 0.122 e. The van der Waals surface area contributed by atoms with Crippen LogP contribution in [-0.2, 0) is 6.54 Å². The average molecular weight is 395 g/mol. The second kappa shape index (κ2) is 8.89. The first kappa shape index (κ1) is 21.9. The van der Waals surface area contributed by atoms with Crippen molar-refractivity contribution in [2.45, 2.75) is 65.6 Å². The lowest BCUT2D eigenvalue weighted by molar-refractivity contribution is 0.00553. The third-order valence-electron chi connectivity index (χ3n) is 6.18. The molecule has 0 aromatic heterocycles. The van der Waals surface area contributed by atoms with Crippen molar-refractivity contribution in [2.75, 3.05) is 26.7 Å². The topological polar surface area (TPSA) is 15.7 Å². The minimum Gasteiger partial charge on any atom is -0.496 e. The zero-order valence-corrected chi connectivity index (χ0v) is 19.3. The van der Waals surface area contributed by atoms with E-state index in [0.717, 1.165) is 31.9 Å². The number of hydrogen-bond acceptors (Lipinski definition) is 3. The Balaban J connectivity index is 1.88. The predicted octanol–water partition coefficient (Wildman–Crippen LogP) is 5.78. The Kier molecular flexibility index (Phi) is 6.70. The van der Waals surface area contributed by atoms with Gasteiger partial charge < -0.3 is 4.74 Å². The van der Waals surface area contributed by atoms with E-state index in [1.165, 1.54) is 22.3 Å². The third kappa shape index (κ3) is 5.02. The van der Waals surface area contributed by atoms with Crippen LogP contribution in [0.15, 0.2) is 42.5 Å². The first-order chi connectivity index (χ1) is 13.7. The molecule has 1 aliphatic rings. The lowest BCUT2D eigenvalue weighted by atomic mass is 9.88. The smallest absolute Gasteiger partial charge is 0.122 e. The van der Waals surface area contributed by atoms with Crippen LogP contribution in [0.1, 0.15) is 68.8 Å². The van der Waals surface area contributed by atoms with Crippen molar-refractivity contribution in [3.8, 4) is 5.75 Å². The lowest BCUT2D eigenvalue weighted by Crippen LogP contribution is -2.55. The molecule has 1 fully saturated rings. The molecule has 3 nitrogen and oxygen atoms in total. The maximum absolute atomic E-state index is 5.54. The van der Waals surface area contributed by atoms with Gasteiger partial charge in [0.1, 0.15) is 5.75 Å². The van der Waals surface area contributed by atoms with E-state index in [1.54, 1.807) is 7.11 Å². The normalized spacial score (nSPS) is 19.0. The SMILES string of the molecule is COc1cc(CN2CCN(C(C)(C)C)C(c3ccccc3C(C)C)C2)ccc1C. The Hall–Kier alpha value is -1.84. The highest BCUT2D eigenvalue weighted by atomic mass is 16.5. The summed E-state index contributed by atoms with van der Waals surface area (Å²) in [6.07, 6.45) is 0. The molecule has 29 heavy (non-hydrogen) atoms. The summed E-state index contributed by atoms with van der Waals surface area (Å²) in [6, 6.07) is 16.1. The van der Waals surface area contributed by atoms with Crippen molar-refractivity contribution in [3.05, 3.63) is 64.7 Å². The van der Waals surface area contributed by atoms with Crippen molar-refractivity contribution >= 4 is 0 Å². The standard InChI is InChI=1S/C26H38N2O/c1-19(2)22-10-8-9-11-23(22)24-18-27(14-15-28(24)26(4,5)6)17-21-13-12-20(3)25(16-21)29-7/h8-13,16,19,24H,14-15,17-18H2,1-7H3.